The fourth-order valence-corrected chi connectivity index (χ4v) is 3.01. The molecule has 2 rings (SSSR count). The molecule has 1 aliphatic heterocycles. The fourth-order valence-electron chi connectivity index (χ4n) is 2.81. The molecule has 2 nitrogen and oxygen atoms in total. The Morgan fingerprint density at radius 3 is 2.79 bits per heavy atom. The van der Waals surface area contributed by atoms with Crippen LogP contribution in [0.5, 0.6) is 0 Å². The molecule has 1 N–H and O–H groups in total. The highest BCUT2D eigenvalue weighted by Gasteiger charge is 2.40. The summed E-state index contributed by atoms with van der Waals surface area (Å²) in [5.74, 6) is -0.451. The summed E-state index contributed by atoms with van der Waals surface area (Å²) in [4.78, 5) is 12.7. The number of carbonyl (C=O) groups excluding carboxylic acids is 1. The summed E-state index contributed by atoms with van der Waals surface area (Å²) in [6, 6.07) is 2.89. The van der Waals surface area contributed by atoms with Crippen molar-refractivity contribution < 1.29 is 9.18 Å². The molecule has 0 saturated carbocycles. The summed E-state index contributed by atoms with van der Waals surface area (Å²) >= 11 is 5.98. The lowest BCUT2D eigenvalue weighted by molar-refractivity contribution is 0.0857. The molecule has 1 fully saturated rings. The average Bonchev–Trinajstić information content (AvgIpc) is 2.84. The molecule has 0 aliphatic carbocycles. The van der Waals surface area contributed by atoms with E-state index in [0.717, 1.165) is 32.2 Å². The Labute approximate surface area is 118 Å². The molecular weight excluding hydrogens is 265 g/mol. The summed E-state index contributed by atoms with van der Waals surface area (Å²) in [7, 11) is 0. The lowest BCUT2D eigenvalue weighted by atomic mass is 9.83. The summed E-state index contributed by atoms with van der Waals surface area (Å²) in [6.07, 6.45) is 3.49. The van der Waals surface area contributed by atoms with Crippen LogP contribution < -0.4 is 5.32 Å². The van der Waals surface area contributed by atoms with Crippen molar-refractivity contribution in [3.8, 4) is 0 Å². The third-order valence-electron chi connectivity index (χ3n) is 3.90. The summed E-state index contributed by atoms with van der Waals surface area (Å²) in [6.45, 7) is 4.51. The van der Waals surface area contributed by atoms with Gasteiger partial charge in [0.15, 0.2) is 5.78 Å². The van der Waals surface area contributed by atoms with Crippen molar-refractivity contribution in [2.75, 3.05) is 6.54 Å². The second-order valence-corrected chi connectivity index (χ2v) is 5.66. The van der Waals surface area contributed by atoms with Gasteiger partial charge in [-0.25, -0.2) is 4.39 Å². The van der Waals surface area contributed by atoms with Crippen LogP contribution in [0.15, 0.2) is 12.1 Å². The molecule has 0 bridgehead atoms. The van der Waals surface area contributed by atoms with E-state index < -0.39 is 11.4 Å². The van der Waals surface area contributed by atoms with Gasteiger partial charge in [0.1, 0.15) is 5.82 Å². The van der Waals surface area contributed by atoms with Gasteiger partial charge < -0.3 is 5.32 Å². The van der Waals surface area contributed by atoms with Gasteiger partial charge >= 0.3 is 0 Å². The standard InChI is InChI=1S/C15H19ClFNO/c1-3-5-15(6-4-7-18-15)14(19)11-8-12(16)10(2)13(17)9-11/h8-9,18H,3-7H2,1-2H3. The van der Waals surface area contributed by atoms with Crippen LogP contribution in [0.4, 0.5) is 4.39 Å². The van der Waals surface area contributed by atoms with Gasteiger partial charge in [0.05, 0.1) is 5.54 Å². The highest BCUT2D eigenvalue weighted by molar-refractivity contribution is 6.31. The molecule has 1 unspecified atom stereocenters. The zero-order valence-electron chi connectivity index (χ0n) is 11.4. The lowest BCUT2D eigenvalue weighted by Gasteiger charge is -2.28. The normalized spacial score (nSPS) is 22.7. The van der Waals surface area contributed by atoms with E-state index in [1.807, 2.05) is 0 Å². The monoisotopic (exact) mass is 283 g/mol. The third kappa shape index (κ3) is 2.67. The number of carbonyl (C=O) groups is 1. The van der Waals surface area contributed by atoms with E-state index in [1.54, 1.807) is 13.0 Å². The minimum atomic E-state index is -0.528. The highest BCUT2D eigenvalue weighted by Crippen LogP contribution is 2.30. The minimum Gasteiger partial charge on any atom is -0.305 e. The molecule has 4 heteroatoms. The van der Waals surface area contributed by atoms with Crippen molar-refractivity contribution in [2.24, 2.45) is 0 Å². The molecular formula is C15H19ClFNO. The van der Waals surface area contributed by atoms with E-state index in [2.05, 4.69) is 12.2 Å². The van der Waals surface area contributed by atoms with Crippen molar-refractivity contribution in [1.29, 1.82) is 0 Å². The molecule has 104 valence electrons. The number of nitrogens with one attached hydrogen (secondary N) is 1. The van der Waals surface area contributed by atoms with E-state index in [9.17, 15) is 9.18 Å². The zero-order chi connectivity index (χ0) is 14.0. The van der Waals surface area contributed by atoms with Gasteiger partial charge in [-0.15, -0.1) is 0 Å². The number of hydrogen-bond donors (Lipinski definition) is 1. The summed E-state index contributed by atoms with van der Waals surface area (Å²) < 4.78 is 13.7. The number of rotatable bonds is 4. The Morgan fingerprint density at radius 1 is 1.53 bits per heavy atom. The molecule has 1 aliphatic rings. The highest BCUT2D eigenvalue weighted by atomic mass is 35.5. The first kappa shape index (κ1) is 14.5. The van der Waals surface area contributed by atoms with Crippen molar-refractivity contribution >= 4 is 17.4 Å². The summed E-state index contributed by atoms with van der Waals surface area (Å²) in [5.41, 5.74) is 0.234. The van der Waals surface area contributed by atoms with Crippen LogP contribution in [0.3, 0.4) is 0 Å². The molecule has 1 atom stereocenters. The number of hydrogen-bond acceptors (Lipinski definition) is 2. The second kappa shape index (κ2) is 5.59. The maximum absolute atomic E-state index is 13.7. The Morgan fingerprint density at radius 2 is 2.26 bits per heavy atom. The molecule has 19 heavy (non-hydrogen) atoms. The minimum absolute atomic E-state index is 0.0346. The number of ketones is 1. The van der Waals surface area contributed by atoms with Gasteiger partial charge in [-0.2, -0.15) is 0 Å². The molecule has 1 heterocycles. The smallest absolute Gasteiger partial charge is 0.183 e. The van der Waals surface area contributed by atoms with Gasteiger partial charge in [-0.3, -0.25) is 4.79 Å². The Balaban J connectivity index is 2.37. The maximum atomic E-state index is 13.7. The number of halogens is 2. The van der Waals surface area contributed by atoms with E-state index in [1.165, 1.54) is 6.07 Å². The van der Waals surface area contributed by atoms with Crippen LogP contribution >= 0.6 is 11.6 Å². The lowest BCUT2D eigenvalue weighted by Crippen LogP contribution is -2.47. The van der Waals surface area contributed by atoms with Gasteiger partial charge in [0, 0.05) is 16.1 Å². The van der Waals surface area contributed by atoms with Crippen molar-refractivity contribution in [3.63, 3.8) is 0 Å². The largest absolute Gasteiger partial charge is 0.305 e. The average molecular weight is 284 g/mol. The first-order chi connectivity index (χ1) is 9.00. The maximum Gasteiger partial charge on any atom is 0.183 e. The fraction of sp³-hybridized carbons (Fsp3) is 0.533. The van der Waals surface area contributed by atoms with Gasteiger partial charge in [0.25, 0.3) is 0 Å². The third-order valence-corrected chi connectivity index (χ3v) is 4.29. The van der Waals surface area contributed by atoms with Crippen molar-refractivity contribution in [2.45, 2.75) is 45.1 Å². The van der Waals surface area contributed by atoms with Gasteiger partial charge in [0.2, 0.25) is 0 Å². The molecule has 1 aromatic carbocycles. The SMILES string of the molecule is CCCC1(C(=O)c2cc(F)c(C)c(Cl)c2)CCCN1. The Kier molecular flexibility index (Phi) is 4.26. The molecule has 1 saturated heterocycles. The molecule has 0 spiro atoms. The van der Waals surface area contributed by atoms with Crippen LogP contribution in [0, 0.1) is 12.7 Å². The van der Waals surface area contributed by atoms with E-state index in [-0.39, 0.29) is 5.78 Å². The molecule has 0 aromatic heterocycles. The van der Waals surface area contributed by atoms with Gasteiger partial charge in [-0.05, 0) is 44.9 Å². The predicted octanol–water partition coefficient (Wildman–Crippen LogP) is 3.89. The van der Waals surface area contributed by atoms with Crippen LogP contribution in [0.25, 0.3) is 0 Å². The topological polar surface area (TPSA) is 29.1 Å². The zero-order valence-corrected chi connectivity index (χ0v) is 12.1. The molecule has 1 aromatic rings. The van der Waals surface area contributed by atoms with Crippen molar-refractivity contribution in [1.82, 2.24) is 5.32 Å². The van der Waals surface area contributed by atoms with E-state index in [0.29, 0.717) is 16.1 Å². The number of Topliss-reactive ketones (excluding diaryl/α,β-unsaturated/α-hetero) is 1. The summed E-state index contributed by atoms with van der Waals surface area (Å²) in [5, 5.41) is 3.62. The van der Waals surface area contributed by atoms with Crippen LogP contribution in [-0.2, 0) is 0 Å². The van der Waals surface area contributed by atoms with Crippen LogP contribution in [0.2, 0.25) is 5.02 Å². The van der Waals surface area contributed by atoms with E-state index in [4.69, 9.17) is 11.6 Å². The van der Waals surface area contributed by atoms with Crippen molar-refractivity contribution in [3.05, 3.63) is 34.1 Å². The number of benzene rings is 1. The van der Waals surface area contributed by atoms with Gasteiger partial charge in [-0.1, -0.05) is 24.9 Å². The predicted molar refractivity (Wildman–Crippen MR) is 75.4 cm³/mol. The van der Waals surface area contributed by atoms with Crippen LogP contribution in [-0.4, -0.2) is 17.9 Å². The first-order valence-corrected chi connectivity index (χ1v) is 7.13. The molecule has 0 amide bonds. The van der Waals surface area contributed by atoms with Crippen LogP contribution in [0.1, 0.15) is 48.5 Å². The second-order valence-electron chi connectivity index (χ2n) is 5.26. The quantitative estimate of drug-likeness (QED) is 0.849. The molecule has 0 radical (unpaired) electrons. The van der Waals surface area contributed by atoms with E-state index >= 15 is 0 Å². The Bertz CT molecular complexity index is 472. The Hall–Kier alpha value is -0.930. The first-order valence-electron chi connectivity index (χ1n) is 6.75.